The molecule has 1 saturated heterocycles. The molecule has 0 spiro atoms. The van der Waals surface area contributed by atoms with E-state index in [1.807, 2.05) is 6.07 Å². The van der Waals surface area contributed by atoms with Gasteiger partial charge in [0.25, 0.3) is 0 Å². The Labute approximate surface area is 112 Å². The third kappa shape index (κ3) is 3.30. The Morgan fingerprint density at radius 1 is 1.41 bits per heavy atom. The van der Waals surface area contributed by atoms with Crippen LogP contribution >= 0.6 is 15.9 Å². The summed E-state index contributed by atoms with van der Waals surface area (Å²) in [6.45, 7) is 5.57. The van der Waals surface area contributed by atoms with Crippen LogP contribution in [-0.4, -0.2) is 29.7 Å². The lowest BCUT2D eigenvalue weighted by molar-refractivity contribution is 0.0428. The summed E-state index contributed by atoms with van der Waals surface area (Å²) in [4.78, 5) is 2.44. The Kier molecular flexibility index (Phi) is 4.23. The van der Waals surface area contributed by atoms with Crippen LogP contribution < -0.4 is 0 Å². The molecule has 0 aromatic heterocycles. The maximum atomic E-state index is 9.45. The Morgan fingerprint density at radius 3 is 2.88 bits per heavy atom. The Hall–Kier alpha value is -0.380. The number of hydrogen-bond donors (Lipinski definition) is 1. The third-order valence-electron chi connectivity index (χ3n) is 3.59. The van der Waals surface area contributed by atoms with Crippen molar-refractivity contribution in [3.63, 3.8) is 0 Å². The van der Waals surface area contributed by atoms with Gasteiger partial charge < -0.3 is 5.11 Å². The van der Waals surface area contributed by atoms with Crippen LogP contribution in [-0.2, 0) is 6.54 Å². The Morgan fingerprint density at radius 2 is 2.18 bits per heavy atom. The highest BCUT2D eigenvalue weighted by Crippen LogP contribution is 2.30. The number of nitrogens with zero attached hydrogens (tertiary/aromatic N) is 1. The highest BCUT2D eigenvalue weighted by Gasteiger charge is 2.30. The summed E-state index contributed by atoms with van der Waals surface area (Å²) in [7, 11) is 0. The maximum absolute atomic E-state index is 9.45. The summed E-state index contributed by atoms with van der Waals surface area (Å²) in [6, 6.07) is 8.37. The van der Waals surface area contributed by atoms with Crippen molar-refractivity contribution in [2.75, 3.05) is 19.7 Å². The zero-order chi connectivity index (χ0) is 12.3. The van der Waals surface area contributed by atoms with Gasteiger partial charge in [0.2, 0.25) is 0 Å². The number of aliphatic hydroxyl groups excluding tert-OH is 1. The average molecular weight is 298 g/mol. The monoisotopic (exact) mass is 297 g/mol. The lowest BCUT2D eigenvalue weighted by Crippen LogP contribution is -2.43. The van der Waals surface area contributed by atoms with Crippen LogP contribution in [0.5, 0.6) is 0 Å². The molecule has 1 N–H and O–H groups in total. The first-order valence-electron chi connectivity index (χ1n) is 6.20. The van der Waals surface area contributed by atoms with E-state index in [1.54, 1.807) is 0 Å². The highest BCUT2D eigenvalue weighted by atomic mass is 79.9. The minimum atomic E-state index is 0.0828. The van der Waals surface area contributed by atoms with Crippen molar-refractivity contribution in [1.29, 1.82) is 0 Å². The van der Waals surface area contributed by atoms with Gasteiger partial charge in [-0.3, -0.25) is 4.90 Å². The van der Waals surface area contributed by atoms with Gasteiger partial charge in [0.15, 0.2) is 0 Å². The molecule has 2 rings (SSSR count). The SMILES string of the molecule is CC1(CO)CCCN(Cc2ccccc2Br)C1. The van der Waals surface area contributed by atoms with Crippen LogP contribution in [0.15, 0.2) is 28.7 Å². The molecular weight excluding hydrogens is 278 g/mol. The van der Waals surface area contributed by atoms with Gasteiger partial charge in [0.1, 0.15) is 0 Å². The molecule has 0 saturated carbocycles. The van der Waals surface area contributed by atoms with Crippen LogP contribution in [0.1, 0.15) is 25.3 Å². The molecular formula is C14H20BrNO. The van der Waals surface area contributed by atoms with E-state index in [9.17, 15) is 5.11 Å². The Balaban J connectivity index is 2.02. The van der Waals surface area contributed by atoms with Crippen LogP contribution in [0, 0.1) is 5.41 Å². The molecule has 94 valence electrons. The normalized spacial score (nSPS) is 26.1. The number of aliphatic hydroxyl groups is 1. The molecule has 17 heavy (non-hydrogen) atoms. The van der Waals surface area contributed by atoms with Gasteiger partial charge in [-0.15, -0.1) is 0 Å². The fourth-order valence-electron chi connectivity index (χ4n) is 2.56. The topological polar surface area (TPSA) is 23.5 Å². The molecule has 0 radical (unpaired) electrons. The fourth-order valence-corrected chi connectivity index (χ4v) is 2.97. The molecule has 0 aliphatic carbocycles. The van der Waals surface area contributed by atoms with E-state index in [1.165, 1.54) is 16.5 Å². The maximum Gasteiger partial charge on any atom is 0.0497 e. The second-order valence-corrected chi connectivity index (χ2v) is 6.23. The first kappa shape index (κ1) is 13.1. The van der Waals surface area contributed by atoms with Gasteiger partial charge >= 0.3 is 0 Å². The lowest BCUT2D eigenvalue weighted by atomic mass is 9.82. The number of halogens is 1. The number of likely N-dealkylation sites (tertiary alicyclic amines) is 1. The fraction of sp³-hybridized carbons (Fsp3) is 0.571. The van der Waals surface area contributed by atoms with Gasteiger partial charge in [0.05, 0.1) is 0 Å². The van der Waals surface area contributed by atoms with Crippen LogP contribution in [0.3, 0.4) is 0 Å². The van der Waals surface area contributed by atoms with Crippen LogP contribution in [0.4, 0.5) is 0 Å². The molecule has 1 aromatic carbocycles. The van der Waals surface area contributed by atoms with Crippen molar-refractivity contribution in [3.05, 3.63) is 34.3 Å². The molecule has 2 nitrogen and oxygen atoms in total. The second-order valence-electron chi connectivity index (χ2n) is 5.37. The van der Waals surface area contributed by atoms with Gasteiger partial charge in [0, 0.05) is 29.6 Å². The van der Waals surface area contributed by atoms with E-state index in [-0.39, 0.29) is 5.41 Å². The largest absolute Gasteiger partial charge is 0.396 e. The second kappa shape index (κ2) is 5.51. The van der Waals surface area contributed by atoms with Crippen molar-refractivity contribution in [1.82, 2.24) is 4.90 Å². The van der Waals surface area contributed by atoms with Crippen LogP contribution in [0.2, 0.25) is 0 Å². The van der Waals surface area contributed by atoms with Gasteiger partial charge in [-0.05, 0) is 31.0 Å². The Bertz CT molecular complexity index is 382. The van der Waals surface area contributed by atoms with E-state index >= 15 is 0 Å². The van der Waals surface area contributed by atoms with Gasteiger partial charge in [-0.1, -0.05) is 41.1 Å². The summed E-state index contributed by atoms with van der Waals surface area (Å²) in [5, 5.41) is 9.45. The molecule has 1 fully saturated rings. The van der Waals surface area contributed by atoms with E-state index in [4.69, 9.17) is 0 Å². The first-order chi connectivity index (χ1) is 8.13. The number of hydrogen-bond acceptors (Lipinski definition) is 2. The smallest absolute Gasteiger partial charge is 0.0497 e. The molecule has 1 aliphatic heterocycles. The van der Waals surface area contributed by atoms with E-state index in [0.29, 0.717) is 6.61 Å². The summed E-state index contributed by atoms with van der Waals surface area (Å²) in [6.07, 6.45) is 2.32. The summed E-state index contributed by atoms with van der Waals surface area (Å²) < 4.78 is 1.18. The molecule has 1 atom stereocenters. The molecule has 0 bridgehead atoms. The molecule has 1 aliphatic rings. The van der Waals surface area contributed by atoms with Crippen molar-refractivity contribution < 1.29 is 5.11 Å². The number of piperidine rings is 1. The van der Waals surface area contributed by atoms with Gasteiger partial charge in [-0.2, -0.15) is 0 Å². The summed E-state index contributed by atoms with van der Waals surface area (Å²) >= 11 is 3.59. The van der Waals surface area contributed by atoms with E-state index in [0.717, 1.165) is 26.1 Å². The first-order valence-corrected chi connectivity index (χ1v) is 6.99. The average Bonchev–Trinajstić information content (AvgIpc) is 2.32. The highest BCUT2D eigenvalue weighted by molar-refractivity contribution is 9.10. The molecule has 1 heterocycles. The summed E-state index contributed by atoms with van der Waals surface area (Å²) in [5.41, 5.74) is 1.41. The standard InChI is InChI=1S/C14H20BrNO/c1-14(11-17)7-4-8-16(10-14)9-12-5-2-3-6-13(12)15/h2-3,5-6,17H,4,7-11H2,1H3. The van der Waals surface area contributed by atoms with E-state index in [2.05, 4.69) is 46.0 Å². The molecule has 3 heteroatoms. The molecule has 1 aromatic rings. The van der Waals surface area contributed by atoms with Crippen LogP contribution in [0.25, 0.3) is 0 Å². The number of benzene rings is 1. The minimum absolute atomic E-state index is 0.0828. The predicted octanol–water partition coefficient (Wildman–Crippen LogP) is 3.04. The zero-order valence-electron chi connectivity index (χ0n) is 10.3. The minimum Gasteiger partial charge on any atom is -0.396 e. The van der Waals surface area contributed by atoms with Gasteiger partial charge in [-0.25, -0.2) is 0 Å². The predicted molar refractivity (Wildman–Crippen MR) is 73.8 cm³/mol. The van der Waals surface area contributed by atoms with Crippen molar-refractivity contribution in [3.8, 4) is 0 Å². The molecule has 1 unspecified atom stereocenters. The van der Waals surface area contributed by atoms with Crippen molar-refractivity contribution >= 4 is 15.9 Å². The van der Waals surface area contributed by atoms with Crippen molar-refractivity contribution in [2.24, 2.45) is 5.41 Å². The zero-order valence-corrected chi connectivity index (χ0v) is 11.9. The quantitative estimate of drug-likeness (QED) is 0.927. The third-order valence-corrected chi connectivity index (χ3v) is 4.37. The summed E-state index contributed by atoms with van der Waals surface area (Å²) in [5.74, 6) is 0. The van der Waals surface area contributed by atoms with Crippen molar-refractivity contribution in [2.45, 2.75) is 26.3 Å². The van der Waals surface area contributed by atoms with E-state index < -0.39 is 0 Å². The lowest BCUT2D eigenvalue weighted by Gasteiger charge is -2.39. The number of rotatable bonds is 3. The molecule has 0 amide bonds.